The summed E-state index contributed by atoms with van der Waals surface area (Å²) in [7, 11) is 2.57. The Labute approximate surface area is 76.5 Å². The second-order valence-electron chi connectivity index (χ2n) is 2.32. The number of rotatable bonds is 4. The molecule has 0 amide bonds. The van der Waals surface area contributed by atoms with Crippen molar-refractivity contribution in [2.45, 2.75) is 0 Å². The molecule has 2 unspecified atom stereocenters. The normalized spacial score (nSPS) is 13.5. The second-order valence-corrected chi connectivity index (χ2v) is 2.32. The lowest BCUT2D eigenvalue weighted by Gasteiger charge is -2.11. The molecular weight excluding hydrogens is 172 g/mol. The van der Waals surface area contributed by atoms with Crippen LogP contribution in [0.1, 0.15) is 0 Å². The van der Waals surface area contributed by atoms with Gasteiger partial charge < -0.3 is 9.47 Å². The van der Waals surface area contributed by atoms with Crippen molar-refractivity contribution in [1.29, 1.82) is 10.5 Å². The van der Waals surface area contributed by atoms with Crippen LogP contribution in [0.15, 0.2) is 0 Å². The SMILES string of the molecule is COCC(C#N)C(C#N)C(=O)OC. The van der Waals surface area contributed by atoms with Crippen LogP contribution in [-0.2, 0) is 14.3 Å². The van der Waals surface area contributed by atoms with Crippen LogP contribution >= 0.6 is 0 Å². The van der Waals surface area contributed by atoms with Gasteiger partial charge in [0, 0.05) is 7.11 Å². The molecule has 0 aromatic rings. The third kappa shape index (κ3) is 3.10. The number of ether oxygens (including phenoxy) is 2. The topological polar surface area (TPSA) is 83.1 Å². The van der Waals surface area contributed by atoms with E-state index in [0.717, 1.165) is 0 Å². The predicted octanol–water partition coefficient (Wildman–Crippen LogP) is 0.0854. The first-order chi connectivity index (χ1) is 6.21. The van der Waals surface area contributed by atoms with Crippen molar-refractivity contribution in [1.82, 2.24) is 0 Å². The minimum atomic E-state index is -1.07. The van der Waals surface area contributed by atoms with E-state index in [4.69, 9.17) is 15.3 Å². The molecule has 0 radical (unpaired) electrons. The van der Waals surface area contributed by atoms with Crippen LogP contribution in [0.3, 0.4) is 0 Å². The molecule has 0 bridgehead atoms. The maximum atomic E-state index is 11.0. The fraction of sp³-hybridized carbons (Fsp3) is 0.625. The van der Waals surface area contributed by atoms with Gasteiger partial charge in [-0.15, -0.1) is 0 Å². The highest BCUT2D eigenvalue weighted by Crippen LogP contribution is 2.12. The van der Waals surface area contributed by atoms with Crippen molar-refractivity contribution in [2.75, 3.05) is 20.8 Å². The van der Waals surface area contributed by atoms with Gasteiger partial charge in [0.25, 0.3) is 0 Å². The maximum Gasteiger partial charge on any atom is 0.324 e. The first-order valence-corrected chi connectivity index (χ1v) is 3.57. The van der Waals surface area contributed by atoms with E-state index < -0.39 is 17.8 Å². The monoisotopic (exact) mass is 182 g/mol. The zero-order chi connectivity index (χ0) is 10.3. The van der Waals surface area contributed by atoms with Gasteiger partial charge in [0.05, 0.1) is 31.8 Å². The van der Waals surface area contributed by atoms with Crippen molar-refractivity contribution < 1.29 is 14.3 Å². The molecule has 5 heteroatoms. The van der Waals surface area contributed by atoms with Crippen LogP contribution < -0.4 is 0 Å². The first kappa shape index (κ1) is 11.4. The van der Waals surface area contributed by atoms with Crippen LogP contribution in [0.2, 0.25) is 0 Å². The fourth-order valence-electron chi connectivity index (χ4n) is 0.821. The number of carbonyl (C=O) groups is 1. The first-order valence-electron chi connectivity index (χ1n) is 3.57. The summed E-state index contributed by atoms with van der Waals surface area (Å²) >= 11 is 0. The highest BCUT2D eigenvalue weighted by Gasteiger charge is 2.29. The smallest absolute Gasteiger partial charge is 0.324 e. The molecule has 2 atom stereocenters. The van der Waals surface area contributed by atoms with Crippen molar-refractivity contribution in [3.8, 4) is 12.1 Å². The number of hydrogen-bond donors (Lipinski definition) is 0. The highest BCUT2D eigenvalue weighted by atomic mass is 16.5. The fourth-order valence-corrected chi connectivity index (χ4v) is 0.821. The average Bonchev–Trinajstić information content (AvgIpc) is 2.17. The average molecular weight is 182 g/mol. The maximum absolute atomic E-state index is 11.0. The summed E-state index contributed by atoms with van der Waals surface area (Å²) in [6.07, 6.45) is 0. The summed E-state index contributed by atoms with van der Waals surface area (Å²) in [6.45, 7) is 0.0455. The van der Waals surface area contributed by atoms with Crippen LogP contribution in [0, 0.1) is 34.5 Å². The third-order valence-electron chi connectivity index (χ3n) is 1.51. The van der Waals surface area contributed by atoms with Crippen molar-refractivity contribution in [3.63, 3.8) is 0 Å². The minimum absolute atomic E-state index is 0.0455. The number of nitrogens with zero attached hydrogens (tertiary/aromatic N) is 2. The van der Waals surface area contributed by atoms with Crippen molar-refractivity contribution in [3.05, 3.63) is 0 Å². The van der Waals surface area contributed by atoms with Crippen molar-refractivity contribution >= 4 is 5.97 Å². The lowest BCUT2D eigenvalue weighted by Crippen LogP contribution is -2.25. The molecule has 70 valence electrons. The molecule has 0 spiro atoms. The lowest BCUT2D eigenvalue weighted by molar-refractivity contribution is -0.145. The summed E-state index contributed by atoms with van der Waals surface area (Å²) in [6, 6.07) is 3.53. The Hall–Kier alpha value is -1.59. The number of esters is 1. The standard InChI is InChI=1S/C8H10N2O3/c1-12-5-6(3-9)7(4-10)8(11)13-2/h6-7H,5H2,1-2H3. The van der Waals surface area contributed by atoms with Crippen LogP contribution in [0.5, 0.6) is 0 Å². The van der Waals surface area contributed by atoms with E-state index in [1.54, 1.807) is 6.07 Å². The van der Waals surface area contributed by atoms with Gasteiger partial charge in [0.1, 0.15) is 0 Å². The Morgan fingerprint density at radius 2 is 2.00 bits per heavy atom. The number of hydrogen-bond acceptors (Lipinski definition) is 5. The number of carbonyl (C=O) groups excluding carboxylic acids is 1. The molecular formula is C8H10N2O3. The highest BCUT2D eigenvalue weighted by molar-refractivity contribution is 5.75. The number of methoxy groups -OCH3 is 2. The van der Waals surface area contributed by atoms with Gasteiger partial charge in [-0.2, -0.15) is 10.5 Å². The van der Waals surface area contributed by atoms with E-state index in [-0.39, 0.29) is 6.61 Å². The van der Waals surface area contributed by atoms with Crippen molar-refractivity contribution in [2.24, 2.45) is 11.8 Å². The lowest BCUT2D eigenvalue weighted by atomic mass is 9.96. The second kappa shape index (κ2) is 5.99. The Morgan fingerprint density at radius 3 is 2.31 bits per heavy atom. The molecule has 0 heterocycles. The Bertz CT molecular complexity index is 251. The van der Waals surface area contributed by atoms with Gasteiger partial charge in [-0.25, -0.2) is 0 Å². The quantitative estimate of drug-likeness (QED) is 0.575. The zero-order valence-electron chi connectivity index (χ0n) is 7.48. The van der Waals surface area contributed by atoms with E-state index in [2.05, 4.69) is 4.74 Å². The summed E-state index contributed by atoms with van der Waals surface area (Å²) in [4.78, 5) is 11.0. The largest absolute Gasteiger partial charge is 0.468 e. The van der Waals surface area contributed by atoms with Gasteiger partial charge in [-0.3, -0.25) is 4.79 Å². The molecule has 0 aliphatic rings. The molecule has 0 aliphatic carbocycles. The van der Waals surface area contributed by atoms with E-state index in [1.165, 1.54) is 14.2 Å². The van der Waals surface area contributed by atoms with Crippen LogP contribution in [-0.4, -0.2) is 26.8 Å². The molecule has 0 aromatic carbocycles. The van der Waals surface area contributed by atoms with Gasteiger partial charge in [0.2, 0.25) is 0 Å². The predicted molar refractivity (Wildman–Crippen MR) is 42.1 cm³/mol. The molecule has 0 saturated heterocycles. The summed E-state index contributed by atoms with van der Waals surface area (Å²) in [5, 5.41) is 17.2. The third-order valence-corrected chi connectivity index (χ3v) is 1.51. The number of nitriles is 2. The van der Waals surface area contributed by atoms with E-state index >= 15 is 0 Å². The minimum Gasteiger partial charge on any atom is -0.468 e. The van der Waals surface area contributed by atoms with Crippen LogP contribution in [0.25, 0.3) is 0 Å². The Kier molecular flexibility index (Phi) is 5.25. The van der Waals surface area contributed by atoms with E-state index in [0.29, 0.717) is 0 Å². The van der Waals surface area contributed by atoms with Gasteiger partial charge in [0.15, 0.2) is 5.92 Å². The zero-order valence-corrected chi connectivity index (χ0v) is 7.48. The van der Waals surface area contributed by atoms with Crippen LogP contribution in [0.4, 0.5) is 0 Å². The van der Waals surface area contributed by atoms with E-state index in [9.17, 15) is 4.79 Å². The summed E-state index contributed by atoms with van der Waals surface area (Å²) in [5.41, 5.74) is 0. The summed E-state index contributed by atoms with van der Waals surface area (Å²) < 4.78 is 9.06. The van der Waals surface area contributed by atoms with E-state index in [1.807, 2.05) is 6.07 Å². The van der Waals surface area contributed by atoms with Gasteiger partial charge in [-0.05, 0) is 0 Å². The Balaban J connectivity index is 4.47. The molecule has 13 heavy (non-hydrogen) atoms. The Morgan fingerprint density at radius 1 is 1.38 bits per heavy atom. The summed E-state index contributed by atoms with van der Waals surface area (Å²) in [5.74, 6) is -2.55. The molecule has 5 nitrogen and oxygen atoms in total. The van der Waals surface area contributed by atoms with Gasteiger partial charge >= 0.3 is 5.97 Å². The molecule has 0 fully saturated rings. The molecule has 0 aromatic heterocycles. The molecule has 0 N–H and O–H groups in total. The molecule has 0 saturated carbocycles. The molecule has 0 aliphatic heterocycles. The molecule has 0 rings (SSSR count). The van der Waals surface area contributed by atoms with Gasteiger partial charge in [-0.1, -0.05) is 0 Å².